The monoisotopic (exact) mass is 357 g/mol. The third kappa shape index (κ3) is 3.48. The van der Waals surface area contributed by atoms with Crippen LogP contribution in [0, 0.1) is 0 Å². The van der Waals surface area contributed by atoms with Crippen LogP contribution in [0.4, 0.5) is 0 Å². The Hall–Kier alpha value is -2.11. The van der Waals surface area contributed by atoms with Crippen molar-refractivity contribution in [2.24, 2.45) is 5.10 Å². The zero-order valence-corrected chi connectivity index (χ0v) is 14.7. The molecule has 1 aromatic heterocycles. The summed E-state index contributed by atoms with van der Waals surface area (Å²) in [7, 11) is 0. The summed E-state index contributed by atoms with van der Waals surface area (Å²) >= 11 is 6.16. The largest absolute Gasteiger partial charge is 0.463 e. The van der Waals surface area contributed by atoms with Crippen LogP contribution in [0.2, 0.25) is 5.02 Å². The fourth-order valence-electron chi connectivity index (χ4n) is 3.51. The molecule has 2 aliphatic rings. The number of likely N-dealkylation sites (tertiary alicyclic amines) is 1. The van der Waals surface area contributed by atoms with Gasteiger partial charge in [0.05, 0.1) is 18.8 Å². The maximum Gasteiger partial charge on any atom is 0.257 e. The first-order valence-electron chi connectivity index (χ1n) is 8.62. The molecule has 1 saturated heterocycles. The van der Waals surface area contributed by atoms with Gasteiger partial charge >= 0.3 is 0 Å². The Morgan fingerprint density at radius 2 is 2.08 bits per heavy atom. The highest BCUT2D eigenvalue weighted by atomic mass is 35.5. The molecule has 0 aliphatic carbocycles. The minimum absolute atomic E-state index is 0.0217. The van der Waals surface area contributed by atoms with Crippen LogP contribution in [-0.4, -0.2) is 41.2 Å². The number of amides is 1. The summed E-state index contributed by atoms with van der Waals surface area (Å²) in [5, 5.41) is 6.87. The summed E-state index contributed by atoms with van der Waals surface area (Å²) < 4.78 is 5.48. The molecule has 2 aliphatic heterocycles. The lowest BCUT2D eigenvalue weighted by atomic mass is 10.0. The number of carbonyl (C=O) groups is 1. The maximum atomic E-state index is 12.9. The molecule has 0 bridgehead atoms. The first-order valence-corrected chi connectivity index (χ1v) is 9.00. The van der Waals surface area contributed by atoms with Crippen molar-refractivity contribution < 1.29 is 9.21 Å². The average molecular weight is 358 g/mol. The molecule has 4 rings (SSSR count). The Bertz CT molecular complexity index is 782. The normalized spacial score (nSPS) is 20.9. The van der Waals surface area contributed by atoms with E-state index in [1.54, 1.807) is 11.3 Å². The Morgan fingerprint density at radius 3 is 2.80 bits per heavy atom. The number of nitrogens with zero attached hydrogens (tertiary/aromatic N) is 3. The fraction of sp³-hybridized carbons (Fsp3) is 0.368. The van der Waals surface area contributed by atoms with Gasteiger partial charge in [-0.15, -0.1) is 0 Å². The van der Waals surface area contributed by atoms with E-state index in [9.17, 15) is 4.79 Å². The van der Waals surface area contributed by atoms with E-state index in [4.69, 9.17) is 16.0 Å². The predicted octanol–water partition coefficient (Wildman–Crippen LogP) is 3.71. The van der Waals surface area contributed by atoms with Crippen LogP contribution in [-0.2, 0) is 4.79 Å². The second-order valence-corrected chi connectivity index (χ2v) is 6.96. The number of rotatable bonds is 4. The van der Waals surface area contributed by atoms with Crippen molar-refractivity contribution in [1.29, 1.82) is 0 Å². The molecule has 1 unspecified atom stereocenters. The quantitative estimate of drug-likeness (QED) is 0.838. The van der Waals surface area contributed by atoms with Gasteiger partial charge in [0.2, 0.25) is 0 Å². The molecule has 1 fully saturated rings. The number of carbonyl (C=O) groups excluding carboxylic acids is 1. The van der Waals surface area contributed by atoms with Crippen molar-refractivity contribution >= 4 is 23.2 Å². The summed E-state index contributed by atoms with van der Waals surface area (Å²) in [4.78, 5) is 15.1. The number of furan rings is 1. The van der Waals surface area contributed by atoms with Gasteiger partial charge in [-0.2, -0.15) is 5.10 Å². The molecule has 25 heavy (non-hydrogen) atoms. The molecule has 0 radical (unpaired) electrons. The van der Waals surface area contributed by atoms with E-state index in [1.165, 1.54) is 0 Å². The summed E-state index contributed by atoms with van der Waals surface area (Å²) in [6.07, 6.45) is 4.57. The average Bonchev–Trinajstić information content (AvgIpc) is 3.35. The molecule has 130 valence electrons. The highest BCUT2D eigenvalue weighted by Crippen LogP contribution is 2.34. The van der Waals surface area contributed by atoms with Crippen LogP contribution < -0.4 is 0 Å². The van der Waals surface area contributed by atoms with E-state index in [0.29, 0.717) is 23.7 Å². The molecule has 0 spiro atoms. The number of hydrogen-bond donors (Lipinski definition) is 0. The molecule has 5 nitrogen and oxygen atoms in total. The first kappa shape index (κ1) is 16.4. The summed E-state index contributed by atoms with van der Waals surface area (Å²) in [6, 6.07) is 11.2. The molecular formula is C19H20ClN3O2. The molecule has 0 N–H and O–H groups in total. The highest BCUT2D eigenvalue weighted by molar-refractivity contribution is 6.30. The number of halogens is 1. The number of benzene rings is 1. The zero-order valence-electron chi connectivity index (χ0n) is 13.9. The first-order chi connectivity index (χ1) is 12.2. The van der Waals surface area contributed by atoms with Gasteiger partial charge in [-0.05, 0) is 55.8 Å². The highest BCUT2D eigenvalue weighted by Gasteiger charge is 2.34. The minimum atomic E-state index is -0.145. The molecule has 1 aromatic carbocycles. The summed E-state index contributed by atoms with van der Waals surface area (Å²) in [5.41, 5.74) is 1.79. The Kier molecular flexibility index (Phi) is 4.59. The van der Waals surface area contributed by atoms with E-state index < -0.39 is 0 Å². The van der Waals surface area contributed by atoms with Gasteiger partial charge in [-0.25, -0.2) is 5.01 Å². The number of hydrogen-bond acceptors (Lipinski definition) is 4. The smallest absolute Gasteiger partial charge is 0.257 e. The van der Waals surface area contributed by atoms with Gasteiger partial charge in [0, 0.05) is 11.4 Å². The number of hydrazone groups is 1. The van der Waals surface area contributed by atoms with Gasteiger partial charge in [-0.1, -0.05) is 23.7 Å². The van der Waals surface area contributed by atoms with Crippen LogP contribution in [0.25, 0.3) is 0 Å². The SMILES string of the molecule is O=C(CN1CCCC1)N1N=C(c2ccco2)CC1c1cccc(Cl)c1. The standard InChI is InChI=1S/C19H20ClN3O2/c20-15-6-3-5-14(11-15)17-12-16(18-7-4-10-25-18)21-23(17)19(24)13-22-8-1-2-9-22/h3-7,10-11,17H,1-2,8-9,12-13H2. The Balaban J connectivity index is 1.61. The molecule has 3 heterocycles. The molecule has 1 atom stereocenters. The molecule has 0 saturated carbocycles. The maximum absolute atomic E-state index is 12.9. The van der Waals surface area contributed by atoms with E-state index in [1.807, 2.05) is 36.4 Å². The van der Waals surface area contributed by atoms with Crippen LogP contribution >= 0.6 is 11.6 Å². The van der Waals surface area contributed by atoms with Gasteiger partial charge in [0.1, 0.15) is 11.5 Å². The topological polar surface area (TPSA) is 49.1 Å². The van der Waals surface area contributed by atoms with Crippen molar-refractivity contribution in [3.8, 4) is 0 Å². The van der Waals surface area contributed by atoms with Crippen LogP contribution in [0.1, 0.15) is 36.6 Å². The fourth-order valence-corrected chi connectivity index (χ4v) is 3.71. The van der Waals surface area contributed by atoms with E-state index in [0.717, 1.165) is 37.2 Å². The second-order valence-electron chi connectivity index (χ2n) is 6.52. The summed E-state index contributed by atoms with van der Waals surface area (Å²) in [6.45, 7) is 2.37. The van der Waals surface area contributed by atoms with Crippen molar-refractivity contribution in [2.45, 2.75) is 25.3 Å². The van der Waals surface area contributed by atoms with Crippen LogP contribution in [0.5, 0.6) is 0 Å². The third-order valence-corrected chi connectivity index (χ3v) is 5.00. The van der Waals surface area contributed by atoms with E-state index in [-0.39, 0.29) is 11.9 Å². The lowest BCUT2D eigenvalue weighted by Gasteiger charge is -2.24. The van der Waals surface area contributed by atoms with E-state index in [2.05, 4.69) is 10.0 Å². The van der Waals surface area contributed by atoms with Crippen molar-refractivity contribution in [3.05, 3.63) is 59.0 Å². The Morgan fingerprint density at radius 1 is 1.24 bits per heavy atom. The third-order valence-electron chi connectivity index (χ3n) is 4.76. The minimum Gasteiger partial charge on any atom is -0.463 e. The zero-order chi connectivity index (χ0) is 17.2. The van der Waals surface area contributed by atoms with Gasteiger partial charge in [0.25, 0.3) is 5.91 Å². The van der Waals surface area contributed by atoms with Crippen LogP contribution in [0.3, 0.4) is 0 Å². The molecule has 6 heteroatoms. The van der Waals surface area contributed by atoms with Crippen LogP contribution in [0.15, 0.2) is 52.2 Å². The molecule has 2 aromatic rings. The van der Waals surface area contributed by atoms with Gasteiger partial charge in [0.15, 0.2) is 0 Å². The van der Waals surface area contributed by atoms with Crippen molar-refractivity contribution in [2.75, 3.05) is 19.6 Å². The second kappa shape index (κ2) is 7.02. The molecule has 1 amide bonds. The summed E-state index contributed by atoms with van der Waals surface area (Å²) in [5.74, 6) is 0.733. The predicted molar refractivity (Wildman–Crippen MR) is 96.6 cm³/mol. The van der Waals surface area contributed by atoms with Gasteiger partial charge < -0.3 is 4.42 Å². The molecular weight excluding hydrogens is 338 g/mol. The van der Waals surface area contributed by atoms with Crippen molar-refractivity contribution in [3.63, 3.8) is 0 Å². The lowest BCUT2D eigenvalue weighted by Crippen LogP contribution is -2.36. The van der Waals surface area contributed by atoms with Gasteiger partial charge in [-0.3, -0.25) is 9.69 Å². The van der Waals surface area contributed by atoms with E-state index >= 15 is 0 Å². The Labute approximate surface area is 151 Å². The lowest BCUT2D eigenvalue weighted by molar-refractivity contribution is -0.134. The van der Waals surface area contributed by atoms with Crippen molar-refractivity contribution in [1.82, 2.24) is 9.91 Å².